The second-order valence-electron chi connectivity index (χ2n) is 5.49. The largest absolute Gasteiger partial charge is 0.496 e. The molecule has 4 heteroatoms. The Hall–Kier alpha value is -0.580. The zero-order chi connectivity index (χ0) is 14.5. The molecule has 1 unspecified atom stereocenters. The van der Waals surface area contributed by atoms with Gasteiger partial charge in [-0.3, -0.25) is 0 Å². The molecule has 0 bridgehead atoms. The van der Waals surface area contributed by atoms with Gasteiger partial charge in [0, 0.05) is 19.2 Å². The van der Waals surface area contributed by atoms with Crippen LogP contribution in [0.1, 0.15) is 44.2 Å². The third-order valence-corrected chi connectivity index (χ3v) is 4.79. The highest BCUT2D eigenvalue weighted by Gasteiger charge is 2.22. The van der Waals surface area contributed by atoms with Crippen LogP contribution in [0.3, 0.4) is 0 Å². The molecule has 1 saturated carbocycles. The molecule has 2 rings (SSSR count). The second kappa shape index (κ2) is 7.43. The molecule has 3 nitrogen and oxygen atoms in total. The first-order valence-corrected chi connectivity index (χ1v) is 8.05. The Balaban J connectivity index is 1.91. The van der Waals surface area contributed by atoms with Crippen molar-refractivity contribution >= 4 is 15.9 Å². The van der Waals surface area contributed by atoms with E-state index in [1.807, 2.05) is 13.2 Å². The fraction of sp³-hybridized carbons (Fsp3) is 0.625. The summed E-state index contributed by atoms with van der Waals surface area (Å²) in [7, 11) is 3.51. The molecule has 20 heavy (non-hydrogen) atoms. The maximum Gasteiger partial charge on any atom is 0.133 e. The van der Waals surface area contributed by atoms with Gasteiger partial charge in [-0.25, -0.2) is 0 Å². The van der Waals surface area contributed by atoms with Gasteiger partial charge in [-0.1, -0.05) is 6.07 Å². The van der Waals surface area contributed by atoms with E-state index in [9.17, 15) is 0 Å². The molecule has 0 saturated heterocycles. The summed E-state index contributed by atoms with van der Waals surface area (Å²) >= 11 is 3.55. The minimum atomic E-state index is 0.348. The Morgan fingerprint density at radius 1 is 1.20 bits per heavy atom. The Kier molecular flexibility index (Phi) is 5.87. The van der Waals surface area contributed by atoms with E-state index >= 15 is 0 Å². The Morgan fingerprint density at radius 2 is 1.90 bits per heavy atom. The van der Waals surface area contributed by atoms with Crippen LogP contribution in [0.25, 0.3) is 0 Å². The average Bonchev–Trinajstić information content (AvgIpc) is 2.48. The number of halogens is 1. The maximum absolute atomic E-state index is 5.42. The summed E-state index contributed by atoms with van der Waals surface area (Å²) in [5.74, 6) is 0.876. The second-order valence-corrected chi connectivity index (χ2v) is 6.35. The van der Waals surface area contributed by atoms with Crippen LogP contribution in [0.5, 0.6) is 5.75 Å². The minimum Gasteiger partial charge on any atom is -0.496 e. The molecule has 0 spiro atoms. The lowest BCUT2D eigenvalue weighted by Crippen LogP contribution is -2.36. The molecule has 0 aromatic heterocycles. The molecule has 1 fully saturated rings. The zero-order valence-electron chi connectivity index (χ0n) is 12.5. The molecule has 0 heterocycles. The summed E-state index contributed by atoms with van der Waals surface area (Å²) in [5.41, 5.74) is 1.28. The lowest BCUT2D eigenvalue weighted by atomic mass is 9.92. The van der Waals surface area contributed by atoms with E-state index in [1.54, 1.807) is 7.11 Å². The van der Waals surface area contributed by atoms with Gasteiger partial charge in [-0.05, 0) is 66.2 Å². The zero-order valence-corrected chi connectivity index (χ0v) is 14.1. The summed E-state index contributed by atoms with van der Waals surface area (Å²) < 4.78 is 11.7. The Morgan fingerprint density at radius 3 is 2.45 bits per heavy atom. The van der Waals surface area contributed by atoms with Gasteiger partial charge in [0.05, 0.1) is 17.7 Å². The first-order chi connectivity index (χ1) is 9.63. The molecular formula is C16H24BrNO2. The van der Waals surface area contributed by atoms with Crippen molar-refractivity contribution in [2.45, 2.75) is 50.8 Å². The van der Waals surface area contributed by atoms with Crippen LogP contribution in [0.15, 0.2) is 22.7 Å². The van der Waals surface area contributed by atoms with Gasteiger partial charge in [-0.15, -0.1) is 0 Å². The smallest absolute Gasteiger partial charge is 0.133 e. The van der Waals surface area contributed by atoms with Crippen molar-refractivity contribution < 1.29 is 9.47 Å². The van der Waals surface area contributed by atoms with Crippen molar-refractivity contribution in [3.05, 3.63) is 28.2 Å². The van der Waals surface area contributed by atoms with Crippen molar-refractivity contribution in [3.63, 3.8) is 0 Å². The van der Waals surface area contributed by atoms with Crippen LogP contribution in [-0.2, 0) is 4.74 Å². The number of hydrogen-bond acceptors (Lipinski definition) is 3. The van der Waals surface area contributed by atoms with Crippen LogP contribution in [0.4, 0.5) is 0 Å². The molecule has 1 aliphatic rings. The first kappa shape index (κ1) is 15.8. The number of benzene rings is 1. The van der Waals surface area contributed by atoms with Gasteiger partial charge >= 0.3 is 0 Å². The molecule has 112 valence electrons. The van der Waals surface area contributed by atoms with E-state index in [1.165, 1.54) is 18.4 Å². The highest BCUT2D eigenvalue weighted by molar-refractivity contribution is 9.10. The van der Waals surface area contributed by atoms with Crippen molar-refractivity contribution in [1.82, 2.24) is 5.32 Å². The third kappa shape index (κ3) is 3.96. The normalized spacial score (nSPS) is 24.4. The monoisotopic (exact) mass is 341 g/mol. The van der Waals surface area contributed by atoms with Crippen LogP contribution in [0.2, 0.25) is 0 Å². The molecule has 1 aliphatic carbocycles. The standard InChI is InChI=1S/C16H24BrNO2/c1-11(12-4-9-16(20-3)15(17)10-12)18-13-5-7-14(19-2)8-6-13/h4,9-11,13-14,18H,5-8H2,1-3H3. The van der Waals surface area contributed by atoms with Gasteiger partial charge in [0.1, 0.15) is 5.75 Å². The SMILES string of the molecule is COc1ccc(C(C)NC2CCC(OC)CC2)cc1Br. The molecule has 1 aromatic carbocycles. The van der Waals surface area contributed by atoms with Gasteiger partial charge < -0.3 is 14.8 Å². The summed E-state index contributed by atoms with van der Waals surface area (Å²) in [4.78, 5) is 0. The molecular weight excluding hydrogens is 318 g/mol. The van der Waals surface area contributed by atoms with Crippen molar-refractivity contribution in [3.8, 4) is 5.75 Å². The van der Waals surface area contributed by atoms with Crippen LogP contribution >= 0.6 is 15.9 Å². The van der Waals surface area contributed by atoms with E-state index in [-0.39, 0.29) is 0 Å². The highest BCUT2D eigenvalue weighted by Crippen LogP contribution is 2.29. The van der Waals surface area contributed by atoms with E-state index in [2.05, 4.69) is 40.3 Å². The first-order valence-electron chi connectivity index (χ1n) is 7.26. The Bertz CT molecular complexity index is 430. The van der Waals surface area contributed by atoms with E-state index in [0.29, 0.717) is 18.2 Å². The summed E-state index contributed by atoms with van der Waals surface area (Å²) in [6, 6.07) is 7.22. The number of ether oxygens (including phenoxy) is 2. The topological polar surface area (TPSA) is 30.5 Å². The third-order valence-electron chi connectivity index (χ3n) is 4.17. The maximum atomic E-state index is 5.42. The van der Waals surface area contributed by atoms with Crippen LogP contribution in [0, 0.1) is 0 Å². The van der Waals surface area contributed by atoms with Crippen molar-refractivity contribution in [2.75, 3.05) is 14.2 Å². The average molecular weight is 342 g/mol. The number of methoxy groups -OCH3 is 2. The molecule has 1 aromatic rings. The number of rotatable bonds is 5. The highest BCUT2D eigenvalue weighted by atomic mass is 79.9. The molecule has 1 atom stereocenters. The lowest BCUT2D eigenvalue weighted by Gasteiger charge is -2.30. The molecule has 0 aliphatic heterocycles. The van der Waals surface area contributed by atoms with Crippen LogP contribution < -0.4 is 10.1 Å². The molecule has 1 N–H and O–H groups in total. The minimum absolute atomic E-state index is 0.348. The van der Waals surface area contributed by atoms with Crippen molar-refractivity contribution in [2.24, 2.45) is 0 Å². The Labute approximate surface area is 130 Å². The lowest BCUT2D eigenvalue weighted by molar-refractivity contribution is 0.0614. The number of hydrogen-bond donors (Lipinski definition) is 1. The predicted octanol–water partition coefficient (Wildman–Crippen LogP) is 4.07. The van der Waals surface area contributed by atoms with Crippen molar-refractivity contribution in [1.29, 1.82) is 0 Å². The summed E-state index contributed by atoms with van der Waals surface area (Å²) in [6.45, 7) is 2.22. The molecule has 0 radical (unpaired) electrons. The summed E-state index contributed by atoms with van der Waals surface area (Å²) in [6.07, 6.45) is 5.17. The molecule has 0 amide bonds. The van der Waals surface area contributed by atoms with Gasteiger partial charge in [0.15, 0.2) is 0 Å². The summed E-state index contributed by atoms with van der Waals surface area (Å²) in [5, 5.41) is 3.73. The van der Waals surface area contributed by atoms with Gasteiger partial charge in [0.25, 0.3) is 0 Å². The predicted molar refractivity (Wildman–Crippen MR) is 85.3 cm³/mol. The number of nitrogens with one attached hydrogen (secondary N) is 1. The quantitative estimate of drug-likeness (QED) is 0.875. The fourth-order valence-corrected chi connectivity index (χ4v) is 3.43. The van der Waals surface area contributed by atoms with E-state index < -0.39 is 0 Å². The van der Waals surface area contributed by atoms with Gasteiger partial charge in [0.2, 0.25) is 0 Å². The van der Waals surface area contributed by atoms with Gasteiger partial charge in [-0.2, -0.15) is 0 Å². The van der Waals surface area contributed by atoms with Crippen LogP contribution in [-0.4, -0.2) is 26.4 Å². The fourth-order valence-electron chi connectivity index (χ4n) is 2.87. The van der Waals surface area contributed by atoms with E-state index in [0.717, 1.165) is 23.1 Å². The van der Waals surface area contributed by atoms with E-state index in [4.69, 9.17) is 9.47 Å².